The third-order valence-electron chi connectivity index (χ3n) is 3.29. The van der Waals surface area contributed by atoms with E-state index in [-0.39, 0.29) is 18.9 Å². The van der Waals surface area contributed by atoms with Crippen LogP contribution < -0.4 is 0 Å². The predicted molar refractivity (Wildman–Crippen MR) is 57.8 cm³/mol. The third-order valence-corrected chi connectivity index (χ3v) is 3.29. The van der Waals surface area contributed by atoms with Gasteiger partial charge in [-0.3, -0.25) is 4.79 Å². The Morgan fingerprint density at radius 2 is 2.00 bits per heavy atom. The number of aliphatic hydroxyl groups excluding tert-OH is 1. The molecule has 1 unspecified atom stereocenters. The smallest absolute Gasteiger partial charge is 0.326 e. The molecule has 0 aliphatic carbocycles. The van der Waals surface area contributed by atoms with Crippen molar-refractivity contribution in [3.63, 3.8) is 0 Å². The van der Waals surface area contributed by atoms with E-state index in [2.05, 4.69) is 0 Å². The van der Waals surface area contributed by atoms with Gasteiger partial charge in [0.25, 0.3) is 0 Å². The minimum Gasteiger partial charge on any atom is -0.480 e. The maximum Gasteiger partial charge on any atom is 0.326 e. The summed E-state index contributed by atoms with van der Waals surface area (Å²) in [5.74, 6) is -1.24. The second kappa shape index (κ2) is 4.41. The van der Waals surface area contributed by atoms with Crippen molar-refractivity contribution in [2.45, 2.75) is 45.8 Å². The van der Waals surface area contributed by atoms with E-state index in [0.717, 1.165) is 0 Å². The number of β-amino-alcohol motifs (C(OH)–C–C–N with tert-alkyl or cyclic N) is 1. The van der Waals surface area contributed by atoms with Crippen molar-refractivity contribution in [2.24, 2.45) is 5.41 Å². The first-order valence-electron chi connectivity index (χ1n) is 5.51. The summed E-state index contributed by atoms with van der Waals surface area (Å²) in [4.78, 5) is 24.4. The maximum absolute atomic E-state index is 12.1. The fraction of sp³-hybridized carbons (Fsp3) is 0.818. The van der Waals surface area contributed by atoms with Crippen LogP contribution in [0.15, 0.2) is 0 Å². The predicted octanol–water partition coefficient (Wildman–Crippen LogP) is 0.469. The lowest BCUT2D eigenvalue weighted by Gasteiger charge is -2.30. The Bertz CT molecular complexity index is 300. The van der Waals surface area contributed by atoms with E-state index in [1.165, 1.54) is 4.90 Å². The number of hydrogen-bond donors (Lipinski definition) is 2. The van der Waals surface area contributed by atoms with Crippen molar-refractivity contribution >= 4 is 11.9 Å². The van der Waals surface area contributed by atoms with Crippen molar-refractivity contribution in [3.8, 4) is 0 Å². The number of nitrogens with zero attached hydrogens (tertiary/aromatic N) is 1. The van der Waals surface area contributed by atoms with E-state index in [1.54, 1.807) is 13.8 Å². The summed E-state index contributed by atoms with van der Waals surface area (Å²) >= 11 is 0. The molecule has 2 atom stereocenters. The minimum absolute atomic E-state index is 0.124. The Morgan fingerprint density at radius 3 is 2.44 bits per heavy atom. The molecule has 1 heterocycles. The molecule has 5 nitrogen and oxygen atoms in total. The summed E-state index contributed by atoms with van der Waals surface area (Å²) in [7, 11) is 0. The zero-order valence-electron chi connectivity index (χ0n) is 9.93. The molecule has 0 aromatic carbocycles. The van der Waals surface area contributed by atoms with Gasteiger partial charge in [0.15, 0.2) is 0 Å². The Kier molecular flexibility index (Phi) is 3.57. The zero-order valence-corrected chi connectivity index (χ0v) is 9.93. The quantitative estimate of drug-likeness (QED) is 0.737. The normalized spacial score (nSPS) is 25.9. The molecule has 1 saturated heterocycles. The molecule has 0 aromatic rings. The van der Waals surface area contributed by atoms with Gasteiger partial charge >= 0.3 is 5.97 Å². The van der Waals surface area contributed by atoms with Crippen molar-refractivity contribution in [3.05, 3.63) is 0 Å². The number of hydrogen-bond acceptors (Lipinski definition) is 3. The van der Waals surface area contributed by atoms with Gasteiger partial charge in [-0.25, -0.2) is 4.79 Å². The molecule has 92 valence electrons. The van der Waals surface area contributed by atoms with E-state index < -0.39 is 23.5 Å². The highest BCUT2D eigenvalue weighted by molar-refractivity contribution is 5.87. The first kappa shape index (κ1) is 13.0. The van der Waals surface area contributed by atoms with Gasteiger partial charge in [-0.15, -0.1) is 0 Å². The number of rotatable bonds is 3. The third kappa shape index (κ3) is 2.35. The Morgan fingerprint density at radius 1 is 1.44 bits per heavy atom. The van der Waals surface area contributed by atoms with Gasteiger partial charge in [-0.05, 0) is 6.42 Å². The maximum atomic E-state index is 12.1. The Labute approximate surface area is 95.1 Å². The molecule has 0 bridgehead atoms. The van der Waals surface area contributed by atoms with E-state index in [1.807, 2.05) is 6.92 Å². The largest absolute Gasteiger partial charge is 0.480 e. The van der Waals surface area contributed by atoms with Crippen LogP contribution >= 0.6 is 0 Å². The van der Waals surface area contributed by atoms with Crippen LogP contribution in [0.4, 0.5) is 0 Å². The summed E-state index contributed by atoms with van der Waals surface area (Å²) < 4.78 is 0. The number of likely N-dealkylation sites (tertiary alicyclic amines) is 1. The molecule has 5 heteroatoms. The number of aliphatic carboxylic acids is 1. The van der Waals surface area contributed by atoms with Crippen molar-refractivity contribution < 1.29 is 19.8 Å². The second-order valence-corrected chi connectivity index (χ2v) is 4.94. The molecule has 2 N–H and O–H groups in total. The average Bonchev–Trinajstić information content (AvgIpc) is 2.59. The SMILES string of the molecule is CCC(C)(C)C(=O)N1CC(O)C[C@H]1C(=O)O. The van der Waals surface area contributed by atoms with Crippen LogP contribution in [0.25, 0.3) is 0 Å². The monoisotopic (exact) mass is 229 g/mol. The van der Waals surface area contributed by atoms with E-state index in [4.69, 9.17) is 5.11 Å². The lowest BCUT2D eigenvalue weighted by Crippen LogP contribution is -2.46. The fourth-order valence-corrected chi connectivity index (χ4v) is 1.81. The summed E-state index contributed by atoms with van der Waals surface area (Å²) in [6.45, 7) is 5.59. The van der Waals surface area contributed by atoms with Gasteiger partial charge in [0.2, 0.25) is 5.91 Å². The molecule has 1 rings (SSSR count). The minimum atomic E-state index is -1.04. The zero-order chi connectivity index (χ0) is 12.5. The molecule has 1 aliphatic rings. The molecular formula is C11H19NO4. The highest BCUT2D eigenvalue weighted by atomic mass is 16.4. The van der Waals surface area contributed by atoms with Gasteiger partial charge in [-0.1, -0.05) is 20.8 Å². The van der Waals surface area contributed by atoms with E-state index in [9.17, 15) is 14.7 Å². The van der Waals surface area contributed by atoms with Crippen LogP contribution in [0.1, 0.15) is 33.6 Å². The van der Waals surface area contributed by atoms with Crippen LogP contribution in [-0.4, -0.2) is 45.7 Å². The number of aliphatic hydroxyl groups is 1. The lowest BCUT2D eigenvalue weighted by atomic mass is 9.88. The topological polar surface area (TPSA) is 77.8 Å². The van der Waals surface area contributed by atoms with Crippen molar-refractivity contribution in [2.75, 3.05) is 6.54 Å². The van der Waals surface area contributed by atoms with Crippen LogP contribution in [-0.2, 0) is 9.59 Å². The van der Waals surface area contributed by atoms with Gasteiger partial charge in [0.05, 0.1) is 6.10 Å². The van der Waals surface area contributed by atoms with Gasteiger partial charge < -0.3 is 15.1 Å². The number of carboxylic acids is 1. The first-order chi connectivity index (χ1) is 7.29. The molecule has 16 heavy (non-hydrogen) atoms. The van der Waals surface area contributed by atoms with Crippen LogP contribution in [0.3, 0.4) is 0 Å². The fourth-order valence-electron chi connectivity index (χ4n) is 1.81. The Hall–Kier alpha value is -1.10. The lowest BCUT2D eigenvalue weighted by molar-refractivity contribution is -0.152. The number of carbonyl (C=O) groups is 2. The van der Waals surface area contributed by atoms with E-state index in [0.29, 0.717) is 6.42 Å². The number of carboxylic acid groups (broad SMARTS) is 1. The number of carbonyl (C=O) groups excluding carboxylic acids is 1. The van der Waals surface area contributed by atoms with Crippen molar-refractivity contribution in [1.82, 2.24) is 4.90 Å². The molecule has 1 amide bonds. The summed E-state index contributed by atoms with van der Waals surface area (Å²) in [6.07, 6.45) is 0.0451. The molecule has 0 spiro atoms. The molecule has 0 aromatic heterocycles. The summed E-state index contributed by atoms with van der Waals surface area (Å²) in [6, 6.07) is -0.881. The number of amides is 1. The molecule has 1 aliphatic heterocycles. The highest BCUT2D eigenvalue weighted by Crippen LogP contribution is 2.28. The standard InChI is InChI=1S/C11H19NO4/c1-4-11(2,3)10(16)12-6-7(13)5-8(12)9(14)15/h7-8,13H,4-6H2,1-3H3,(H,14,15)/t7?,8-/m0/s1. The Balaban J connectivity index is 2.86. The molecule has 1 fully saturated rings. The average molecular weight is 229 g/mol. The van der Waals surface area contributed by atoms with Crippen LogP contribution in [0, 0.1) is 5.41 Å². The summed E-state index contributed by atoms with van der Waals surface area (Å²) in [5.41, 5.74) is -0.572. The molecular weight excluding hydrogens is 210 g/mol. The van der Waals surface area contributed by atoms with Gasteiger partial charge in [0.1, 0.15) is 6.04 Å². The molecule has 0 radical (unpaired) electrons. The van der Waals surface area contributed by atoms with E-state index >= 15 is 0 Å². The van der Waals surface area contributed by atoms with Crippen molar-refractivity contribution in [1.29, 1.82) is 0 Å². The first-order valence-corrected chi connectivity index (χ1v) is 5.51. The molecule has 0 saturated carbocycles. The second-order valence-electron chi connectivity index (χ2n) is 4.94. The van der Waals surface area contributed by atoms with Gasteiger partial charge in [-0.2, -0.15) is 0 Å². The van der Waals surface area contributed by atoms with Crippen LogP contribution in [0.2, 0.25) is 0 Å². The van der Waals surface area contributed by atoms with Crippen LogP contribution in [0.5, 0.6) is 0 Å². The van der Waals surface area contributed by atoms with Gasteiger partial charge in [0, 0.05) is 18.4 Å². The summed E-state index contributed by atoms with van der Waals surface area (Å²) in [5, 5.41) is 18.4. The highest BCUT2D eigenvalue weighted by Gasteiger charge is 2.43.